The van der Waals surface area contributed by atoms with Crippen molar-refractivity contribution in [2.45, 2.75) is 19.3 Å². The Morgan fingerprint density at radius 3 is 2.41 bits per heavy atom. The normalized spacial score (nSPS) is 14.6. The average Bonchev–Trinajstić information content (AvgIpc) is 2.73. The van der Waals surface area contributed by atoms with Gasteiger partial charge in [0.2, 0.25) is 0 Å². The molecule has 1 heterocycles. The fourth-order valence-corrected chi connectivity index (χ4v) is 3.58. The number of aromatic hydroxyl groups is 1. The molecule has 3 rings (SSSR count). The van der Waals surface area contributed by atoms with Crippen molar-refractivity contribution in [2.24, 2.45) is 5.73 Å². The third-order valence-corrected chi connectivity index (χ3v) is 5.20. The van der Waals surface area contributed by atoms with Gasteiger partial charge in [-0.3, -0.25) is 9.69 Å². The lowest BCUT2D eigenvalue weighted by Crippen LogP contribution is -2.46. The van der Waals surface area contributed by atoms with Crippen molar-refractivity contribution in [1.29, 1.82) is 0 Å². The van der Waals surface area contributed by atoms with Crippen LogP contribution < -0.4 is 16.0 Å². The summed E-state index contributed by atoms with van der Waals surface area (Å²) in [6, 6.07) is 14.1. The van der Waals surface area contributed by atoms with Crippen molar-refractivity contribution in [3.8, 4) is 5.75 Å². The number of phenols is 1. The number of carbonyl (C=O) groups is 2. The fourth-order valence-electron chi connectivity index (χ4n) is 3.58. The number of hydrogen-bond donors (Lipinski definition) is 3. The molecule has 0 aliphatic carbocycles. The number of carbonyl (C=O) groups excluding carboxylic acids is 2. The van der Waals surface area contributed by atoms with Gasteiger partial charge in [0.15, 0.2) is 5.78 Å². The Bertz CT molecular complexity index is 833. The summed E-state index contributed by atoms with van der Waals surface area (Å²) in [6.45, 7) is 5.09. The fraction of sp³-hybridized carbons (Fsp3) is 0.364. The molecule has 1 aliphatic rings. The Hall–Kier alpha value is -3.06. The van der Waals surface area contributed by atoms with Crippen LogP contribution >= 0.6 is 0 Å². The lowest BCUT2D eigenvalue weighted by atomic mass is 10.0. The first-order valence-corrected chi connectivity index (χ1v) is 9.98. The van der Waals surface area contributed by atoms with E-state index >= 15 is 0 Å². The molecule has 7 nitrogen and oxygen atoms in total. The molecule has 1 saturated heterocycles. The second-order valence-electron chi connectivity index (χ2n) is 7.27. The first-order chi connectivity index (χ1) is 14.0. The minimum absolute atomic E-state index is 0.00795. The van der Waals surface area contributed by atoms with Crippen LogP contribution in [0.3, 0.4) is 0 Å². The number of Topliss-reactive ketones (excluding diaryl/α,β-unsaturated/α-hetero) is 1. The number of nitrogens with zero attached hydrogens (tertiary/aromatic N) is 2. The molecule has 2 amide bonds. The lowest BCUT2D eigenvalue weighted by Gasteiger charge is -2.36. The molecule has 7 heteroatoms. The number of nitrogens with two attached hydrogens (primary N) is 1. The Balaban J connectivity index is 1.39. The number of phenolic OH excluding ortho intramolecular Hbond substituents is 1. The van der Waals surface area contributed by atoms with Gasteiger partial charge in [0.1, 0.15) is 5.75 Å². The molecule has 4 N–H and O–H groups in total. The van der Waals surface area contributed by atoms with Crippen LogP contribution in [0.5, 0.6) is 5.75 Å². The van der Waals surface area contributed by atoms with Crippen molar-refractivity contribution in [3.05, 3.63) is 54.1 Å². The van der Waals surface area contributed by atoms with Gasteiger partial charge < -0.3 is 21.1 Å². The molecule has 0 radical (unpaired) electrons. The predicted molar refractivity (Wildman–Crippen MR) is 115 cm³/mol. The number of primary amides is 1. The third-order valence-electron chi connectivity index (χ3n) is 5.20. The zero-order valence-electron chi connectivity index (χ0n) is 16.5. The van der Waals surface area contributed by atoms with E-state index in [1.54, 1.807) is 6.07 Å². The van der Waals surface area contributed by atoms with Gasteiger partial charge in [0, 0.05) is 43.9 Å². The topological polar surface area (TPSA) is 98.9 Å². The van der Waals surface area contributed by atoms with Crippen molar-refractivity contribution in [1.82, 2.24) is 4.90 Å². The molecule has 0 unspecified atom stereocenters. The van der Waals surface area contributed by atoms with Crippen LogP contribution in [0, 0.1) is 0 Å². The van der Waals surface area contributed by atoms with E-state index in [2.05, 4.69) is 39.4 Å². The molecule has 29 heavy (non-hydrogen) atoms. The molecule has 0 bridgehead atoms. The number of para-hydroxylation sites is 1. The highest BCUT2D eigenvalue weighted by atomic mass is 16.3. The first-order valence-electron chi connectivity index (χ1n) is 9.98. The quantitative estimate of drug-likeness (QED) is 0.362. The van der Waals surface area contributed by atoms with Gasteiger partial charge in [-0.25, -0.2) is 4.79 Å². The Labute approximate surface area is 171 Å². The molecule has 1 aliphatic heterocycles. The number of ketones is 1. The number of piperazine rings is 1. The van der Waals surface area contributed by atoms with Gasteiger partial charge >= 0.3 is 6.03 Å². The SMILES string of the molecule is NC(=O)Nc1cc(C(=O)CCCCN2CCN(c3ccccc3)CC2)ccc1O. The molecule has 0 spiro atoms. The Morgan fingerprint density at radius 1 is 1.00 bits per heavy atom. The smallest absolute Gasteiger partial charge is 0.316 e. The summed E-state index contributed by atoms with van der Waals surface area (Å²) >= 11 is 0. The van der Waals surface area contributed by atoms with Crippen LogP contribution in [0.25, 0.3) is 0 Å². The van der Waals surface area contributed by atoms with Crippen molar-refractivity contribution >= 4 is 23.2 Å². The molecule has 0 atom stereocenters. The summed E-state index contributed by atoms with van der Waals surface area (Å²) < 4.78 is 0. The maximum Gasteiger partial charge on any atom is 0.316 e. The van der Waals surface area contributed by atoms with E-state index in [9.17, 15) is 14.7 Å². The zero-order chi connectivity index (χ0) is 20.6. The molecular formula is C22H28N4O3. The van der Waals surface area contributed by atoms with E-state index in [4.69, 9.17) is 5.73 Å². The molecule has 0 aromatic heterocycles. The van der Waals surface area contributed by atoms with E-state index in [0.29, 0.717) is 12.0 Å². The number of nitrogens with one attached hydrogen (secondary N) is 1. The van der Waals surface area contributed by atoms with Crippen LogP contribution in [-0.2, 0) is 0 Å². The number of benzene rings is 2. The maximum atomic E-state index is 12.4. The Kier molecular flexibility index (Phi) is 7.08. The molecule has 2 aromatic rings. The van der Waals surface area contributed by atoms with Crippen molar-refractivity contribution < 1.29 is 14.7 Å². The van der Waals surface area contributed by atoms with Crippen LogP contribution in [0.1, 0.15) is 29.6 Å². The van der Waals surface area contributed by atoms with Crippen LogP contribution in [0.4, 0.5) is 16.2 Å². The van der Waals surface area contributed by atoms with Crippen molar-refractivity contribution in [2.75, 3.05) is 42.9 Å². The number of rotatable bonds is 8. The number of amides is 2. The highest BCUT2D eigenvalue weighted by Gasteiger charge is 2.17. The number of anilines is 2. The van der Waals surface area contributed by atoms with Crippen LogP contribution in [0.2, 0.25) is 0 Å². The zero-order valence-corrected chi connectivity index (χ0v) is 16.5. The van der Waals surface area contributed by atoms with E-state index in [0.717, 1.165) is 45.6 Å². The molecule has 2 aromatic carbocycles. The van der Waals surface area contributed by atoms with Gasteiger partial charge in [-0.2, -0.15) is 0 Å². The predicted octanol–water partition coefficient (Wildman–Crippen LogP) is 3.06. The first kappa shape index (κ1) is 20.7. The summed E-state index contributed by atoms with van der Waals surface area (Å²) in [5, 5.41) is 12.0. The lowest BCUT2D eigenvalue weighted by molar-refractivity contribution is 0.0977. The third kappa shape index (κ3) is 5.96. The highest BCUT2D eigenvalue weighted by molar-refractivity contribution is 5.98. The van der Waals surface area contributed by atoms with Gasteiger partial charge in [-0.1, -0.05) is 18.2 Å². The van der Waals surface area contributed by atoms with E-state index in [-0.39, 0.29) is 17.2 Å². The molecule has 0 saturated carbocycles. The summed E-state index contributed by atoms with van der Waals surface area (Å²) in [5.74, 6) is -0.124. The van der Waals surface area contributed by atoms with Gasteiger partial charge in [-0.15, -0.1) is 0 Å². The minimum Gasteiger partial charge on any atom is -0.506 e. The van der Waals surface area contributed by atoms with Gasteiger partial charge in [0.05, 0.1) is 5.69 Å². The number of unbranched alkanes of at least 4 members (excludes halogenated alkanes) is 1. The second-order valence-corrected chi connectivity index (χ2v) is 7.27. The molecule has 154 valence electrons. The number of urea groups is 1. The van der Waals surface area contributed by atoms with E-state index in [1.807, 2.05) is 6.07 Å². The summed E-state index contributed by atoms with van der Waals surface area (Å²) in [6.07, 6.45) is 2.20. The average molecular weight is 396 g/mol. The summed E-state index contributed by atoms with van der Waals surface area (Å²) in [7, 11) is 0. The largest absolute Gasteiger partial charge is 0.506 e. The van der Waals surface area contributed by atoms with E-state index in [1.165, 1.54) is 17.8 Å². The Morgan fingerprint density at radius 2 is 1.72 bits per heavy atom. The van der Waals surface area contributed by atoms with Gasteiger partial charge in [-0.05, 0) is 49.7 Å². The van der Waals surface area contributed by atoms with E-state index < -0.39 is 6.03 Å². The van der Waals surface area contributed by atoms with Gasteiger partial charge in [0.25, 0.3) is 0 Å². The molecular weight excluding hydrogens is 368 g/mol. The standard InChI is InChI=1S/C22H28N4O3/c23-22(29)24-19-16-17(9-10-21(19)28)20(27)8-4-5-11-25-12-14-26(15-13-25)18-6-2-1-3-7-18/h1-3,6-7,9-10,16,28H,4-5,8,11-15H2,(H3,23,24,29). The maximum absolute atomic E-state index is 12.4. The summed E-state index contributed by atoms with van der Waals surface area (Å²) in [5.41, 5.74) is 6.96. The van der Waals surface area contributed by atoms with Crippen LogP contribution in [-0.4, -0.2) is 54.5 Å². The summed E-state index contributed by atoms with van der Waals surface area (Å²) in [4.78, 5) is 28.2. The number of hydrogen-bond acceptors (Lipinski definition) is 5. The minimum atomic E-state index is -0.780. The second kappa shape index (κ2) is 9.93. The molecule has 1 fully saturated rings. The van der Waals surface area contributed by atoms with Crippen molar-refractivity contribution in [3.63, 3.8) is 0 Å². The monoisotopic (exact) mass is 396 g/mol. The highest BCUT2D eigenvalue weighted by Crippen LogP contribution is 2.25. The van der Waals surface area contributed by atoms with Crippen LogP contribution in [0.15, 0.2) is 48.5 Å².